The van der Waals surface area contributed by atoms with Crippen LogP contribution >= 0.6 is 11.6 Å². The summed E-state index contributed by atoms with van der Waals surface area (Å²) in [5.41, 5.74) is -0.980. The first kappa shape index (κ1) is 19.4. The summed E-state index contributed by atoms with van der Waals surface area (Å²) < 4.78 is 38.6. The van der Waals surface area contributed by atoms with Crippen molar-refractivity contribution in [3.63, 3.8) is 0 Å². The van der Waals surface area contributed by atoms with Crippen LogP contribution in [0.3, 0.4) is 0 Å². The van der Waals surface area contributed by atoms with Gasteiger partial charge in [-0.3, -0.25) is 4.79 Å². The van der Waals surface area contributed by atoms with E-state index < -0.39 is 17.6 Å². The maximum atomic E-state index is 12.9. The molecular weight excluding hydrogens is 383 g/mol. The van der Waals surface area contributed by atoms with Crippen molar-refractivity contribution in [2.75, 3.05) is 43.4 Å². The molecule has 1 aliphatic heterocycles. The number of carbonyl (C=O) groups is 1. The van der Waals surface area contributed by atoms with Crippen LogP contribution in [-0.2, 0) is 6.18 Å². The van der Waals surface area contributed by atoms with Crippen LogP contribution in [-0.4, -0.2) is 54.0 Å². The quantitative estimate of drug-likeness (QED) is 0.859. The Morgan fingerprint density at radius 3 is 2.56 bits per heavy atom. The van der Waals surface area contributed by atoms with Crippen LogP contribution in [0.15, 0.2) is 30.5 Å². The van der Waals surface area contributed by atoms with Crippen molar-refractivity contribution in [1.82, 2.24) is 14.9 Å². The monoisotopic (exact) mass is 399 g/mol. The van der Waals surface area contributed by atoms with Gasteiger partial charge in [0.25, 0.3) is 5.91 Å². The molecule has 0 radical (unpaired) electrons. The molecule has 2 aromatic rings. The number of hydrogen-bond donors (Lipinski definition) is 1. The number of amides is 1. The van der Waals surface area contributed by atoms with Crippen molar-refractivity contribution in [3.05, 3.63) is 46.7 Å². The van der Waals surface area contributed by atoms with Crippen LogP contribution < -0.4 is 10.2 Å². The highest BCUT2D eigenvalue weighted by Crippen LogP contribution is 2.33. The number of benzene rings is 1. The molecule has 0 spiro atoms. The van der Waals surface area contributed by atoms with Crippen LogP contribution in [0.25, 0.3) is 0 Å². The average molecular weight is 400 g/mol. The van der Waals surface area contributed by atoms with Gasteiger partial charge in [0.1, 0.15) is 5.69 Å². The molecule has 1 saturated heterocycles. The highest BCUT2D eigenvalue weighted by Gasteiger charge is 2.31. The summed E-state index contributed by atoms with van der Waals surface area (Å²) in [6.07, 6.45) is -3.09. The molecule has 2 heterocycles. The molecule has 1 aromatic heterocycles. The molecule has 1 aliphatic rings. The number of piperazine rings is 1. The Morgan fingerprint density at radius 1 is 1.19 bits per heavy atom. The minimum absolute atomic E-state index is 0.00435. The van der Waals surface area contributed by atoms with Gasteiger partial charge in [-0.2, -0.15) is 13.2 Å². The molecule has 1 aromatic carbocycles. The topological polar surface area (TPSA) is 61.4 Å². The molecule has 3 rings (SSSR count). The molecule has 10 heteroatoms. The lowest BCUT2D eigenvalue weighted by atomic mass is 10.2. The smallest absolute Gasteiger partial charge is 0.338 e. The SMILES string of the molecule is CN1CCN(c2nccc(C(=O)Nc3cc(C(F)(F)F)ccc3Cl)n2)CC1. The summed E-state index contributed by atoms with van der Waals surface area (Å²) in [6.45, 7) is 3.14. The van der Waals surface area contributed by atoms with Crippen molar-refractivity contribution >= 4 is 29.1 Å². The van der Waals surface area contributed by atoms with E-state index in [9.17, 15) is 18.0 Å². The standard InChI is InChI=1S/C17H17ClF3N5O/c1-25-6-8-26(9-7-25)16-22-5-4-13(24-16)15(27)23-14-10-11(17(19,20)21)2-3-12(14)18/h2-5,10H,6-9H2,1H3,(H,23,27). The first-order chi connectivity index (χ1) is 12.7. The maximum absolute atomic E-state index is 12.9. The van der Waals surface area contributed by atoms with Gasteiger partial charge in [-0.1, -0.05) is 11.6 Å². The second-order valence-corrected chi connectivity index (χ2v) is 6.59. The first-order valence-electron chi connectivity index (χ1n) is 8.18. The number of halogens is 4. The predicted molar refractivity (Wildman–Crippen MR) is 96.1 cm³/mol. The number of alkyl halides is 3. The number of carbonyl (C=O) groups excluding carboxylic acids is 1. The van der Waals surface area contributed by atoms with E-state index in [0.717, 1.165) is 44.4 Å². The third kappa shape index (κ3) is 4.67. The minimum Gasteiger partial charge on any atom is -0.338 e. The van der Waals surface area contributed by atoms with Crippen molar-refractivity contribution in [2.45, 2.75) is 6.18 Å². The van der Waals surface area contributed by atoms with Crippen LogP contribution in [0.2, 0.25) is 5.02 Å². The number of hydrogen-bond acceptors (Lipinski definition) is 5. The Hall–Kier alpha value is -2.39. The summed E-state index contributed by atoms with van der Waals surface area (Å²) in [5.74, 6) is -0.250. The lowest BCUT2D eigenvalue weighted by Crippen LogP contribution is -2.45. The Bertz CT molecular complexity index is 838. The van der Waals surface area contributed by atoms with Gasteiger partial charge >= 0.3 is 6.18 Å². The fourth-order valence-electron chi connectivity index (χ4n) is 2.62. The van der Waals surface area contributed by atoms with Crippen LogP contribution in [0.1, 0.15) is 16.1 Å². The predicted octanol–water partition coefficient (Wildman–Crippen LogP) is 3.15. The van der Waals surface area contributed by atoms with E-state index >= 15 is 0 Å². The molecule has 0 bridgehead atoms. The van der Waals surface area contributed by atoms with Gasteiger partial charge in [-0.25, -0.2) is 9.97 Å². The van der Waals surface area contributed by atoms with Crippen molar-refractivity contribution < 1.29 is 18.0 Å². The van der Waals surface area contributed by atoms with E-state index in [4.69, 9.17) is 11.6 Å². The zero-order valence-electron chi connectivity index (χ0n) is 14.4. The third-order valence-corrected chi connectivity index (χ3v) is 4.53. The molecule has 0 aliphatic carbocycles. The van der Waals surface area contributed by atoms with Gasteiger partial charge < -0.3 is 15.1 Å². The van der Waals surface area contributed by atoms with Crippen LogP contribution in [0, 0.1) is 0 Å². The molecule has 1 amide bonds. The Labute approximate surface area is 159 Å². The molecule has 0 atom stereocenters. The molecule has 0 saturated carbocycles. The second-order valence-electron chi connectivity index (χ2n) is 6.18. The van der Waals surface area contributed by atoms with E-state index in [1.165, 1.54) is 12.3 Å². The van der Waals surface area contributed by atoms with Crippen molar-refractivity contribution in [1.29, 1.82) is 0 Å². The zero-order chi connectivity index (χ0) is 19.6. The Kier molecular flexibility index (Phi) is 5.52. The first-order valence-corrected chi connectivity index (χ1v) is 8.56. The number of anilines is 2. The molecular formula is C17H17ClF3N5O. The largest absolute Gasteiger partial charge is 0.416 e. The van der Waals surface area contributed by atoms with Gasteiger partial charge in [0.2, 0.25) is 5.95 Å². The lowest BCUT2D eigenvalue weighted by Gasteiger charge is -2.32. The van der Waals surface area contributed by atoms with E-state index in [0.29, 0.717) is 5.95 Å². The number of rotatable bonds is 3. The van der Waals surface area contributed by atoms with E-state index in [1.54, 1.807) is 0 Å². The fourth-order valence-corrected chi connectivity index (χ4v) is 2.78. The molecule has 0 unspecified atom stereocenters. The number of aromatic nitrogens is 2. The summed E-state index contributed by atoms with van der Waals surface area (Å²) in [7, 11) is 2.01. The lowest BCUT2D eigenvalue weighted by molar-refractivity contribution is -0.137. The van der Waals surface area contributed by atoms with Gasteiger partial charge in [0.05, 0.1) is 16.3 Å². The number of nitrogens with zero attached hydrogens (tertiary/aromatic N) is 4. The fraction of sp³-hybridized carbons (Fsp3) is 0.353. The number of nitrogens with one attached hydrogen (secondary N) is 1. The molecule has 144 valence electrons. The van der Waals surface area contributed by atoms with E-state index in [-0.39, 0.29) is 16.4 Å². The minimum atomic E-state index is -4.53. The van der Waals surface area contributed by atoms with Crippen LogP contribution in [0.5, 0.6) is 0 Å². The summed E-state index contributed by atoms with van der Waals surface area (Å²) in [5, 5.41) is 2.39. The summed E-state index contributed by atoms with van der Waals surface area (Å²) in [4.78, 5) is 25.0. The molecule has 1 fully saturated rings. The number of likely N-dealkylation sites (N-methyl/N-ethyl adjacent to an activating group) is 1. The molecule has 27 heavy (non-hydrogen) atoms. The van der Waals surface area contributed by atoms with Gasteiger partial charge in [-0.15, -0.1) is 0 Å². The van der Waals surface area contributed by atoms with E-state index in [1.807, 2.05) is 11.9 Å². The third-order valence-electron chi connectivity index (χ3n) is 4.20. The van der Waals surface area contributed by atoms with Gasteiger partial charge in [0.15, 0.2) is 0 Å². The van der Waals surface area contributed by atoms with Crippen molar-refractivity contribution in [3.8, 4) is 0 Å². The zero-order valence-corrected chi connectivity index (χ0v) is 15.2. The molecule has 6 nitrogen and oxygen atoms in total. The van der Waals surface area contributed by atoms with Gasteiger partial charge in [-0.05, 0) is 31.3 Å². The normalized spacial score (nSPS) is 15.7. The van der Waals surface area contributed by atoms with Crippen LogP contribution in [0.4, 0.5) is 24.8 Å². The van der Waals surface area contributed by atoms with E-state index in [2.05, 4.69) is 20.2 Å². The summed E-state index contributed by atoms with van der Waals surface area (Å²) in [6, 6.07) is 4.14. The van der Waals surface area contributed by atoms with Crippen molar-refractivity contribution in [2.24, 2.45) is 0 Å². The maximum Gasteiger partial charge on any atom is 0.416 e. The Balaban J connectivity index is 1.78. The average Bonchev–Trinajstić information content (AvgIpc) is 2.63. The highest BCUT2D eigenvalue weighted by molar-refractivity contribution is 6.33. The van der Waals surface area contributed by atoms with Gasteiger partial charge in [0, 0.05) is 32.4 Å². The Morgan fingerprint density at radius 2 is 1.89 bits per heavy atom. The second kappa shape index (κ2) is 7.69. The molecule has 1 N–H and O–H groups in total. The highest BCUT2D eigenvalue weighted by atomic mass is 35.5. The summed E-state index contributed by atoms with van der Waals surface area (Å²) >= 11 is 5.92.